The van der Waals surface area contributed by atoms with Gasteiger partial charge in [-0.1, -0.05) is 11.6 Å². The monoisotopic (exact) mass is 310 g/mol. The van der Waals surface area contributed by atoms with Crippen molar-refractivity contribution in [2.45, 2.75) is 17.2 Å². The predicted octanol–water partition coefficient (Wildman–Crippen LogP) is 0.977. The summed E-state index contributed by atoms with van der Waals surface area (Å²) in [6.07, 6.45) is 0. The minimum Gasteiger partial charge on any atom is -0.378 e. The Balaban J connectivity index is 1.98. The van der Waals surface area contributed by atoms with Crippen molar-refractivity contribution in [2.75, 3.05) is 26.3 Å². The van der Waals surface area contributed by atoms with Gasteiger partial charge in [0.25, 0.3) is 0 Å². The minimum absolute atomic E-state index is 0.0186. The van der Waals surface area contributed by atoms with Gasteiger partial charge in [-0.3, -0.25) is 0 Å². The number of halogens is 1. The van der Waals surface area contributed by atoms with E-state index in [1.54, 1.807) is 13.0 Å². The third kappa shape index (κ3) is 3.43. The Kier molecular flexibility index (Phi) is 4.63. The molecular weight excluding hydrogens is 296 g/mol. The summed E-state index contributed by atoms with van der Waals surface area (Å²) in [6.45, 7) is 4.04. The second-order valence-electron chi connectivity index (χ2n) is 4.10. The van der Waals surface area contributed by atoms with E-state index in [1.807, 2.05) is 0 Å². The van der Waals surface area contributed by atoms with E-state index in [1.165, 1.54) is 0 Å². The van der Waals surface area contributed by atoms with Crippen LogP contribution < -0.4 is 10.0 Å². The number of hydrogen-bond acceptors (Lipinski definition) is 5. The second-order valence-corrected chi connectivity index (χ2v) is 7.75. The van der Waals surface area contributed by atoms with Gasteiger partial charge >= 0.3 is 0 Å². The highest BCUT2D eigenvalue weighted by Gasteiger charge is 2.21. The molecule has 1 saturated heterocycles. The first-order valence-corrected chi connectivity index (χ1v) is 8.23. The van der Waals surface area contributed by atoms with Crippen molar-refractivity contribution < 1.29 is 13.2 Å². The fourth-order valence-corrected chi connectivity index (χ4v) is 4.43. The van der Waals surface area contributed by atoms with E-state index in [0.29, 0.717) is 24.1 Å². The van der Waals surface area contributed by atoms with E-state index < -0.39 is 10.0 Å². The Bertz CT molecular complexity index is 490. The summed E-state index contributed by atoms with van der Waals surface area (Å²) in [4.78, 5) is 0. The van der Waals surface area contributed by atoms with Gasteiger partial charge in [0, 0.05) is 19.1 Å². The molecular formula is C10H15ClN2O3S2. The van der Waals surface area contributed by atoms with Gasteiger partial charge in [0.05, 0.1) is 17.6 Å². The van der Waals surface area contributed by atoms with Crippen molar-refractivity contribution in [3.05, 3.63) is 16.0 Å². The lowest BCUT2D eigenvalue weighted by molar-refractivity contribution is 0.0784. The fourth-order valence-electron chi connectivity index (χ4n) is 1.60. The van der Waals surface area contributed by atoms with Gasteiger partial charge in [-0.25, -0.2) is 13.1 Å². The van der Waals surface area contributed by atoms with E-state index in [9.17, 15) is 8.42 Å². The Labute approximate surface area is 116 Å². The molecule has 0 aromatic carbocycles. The molecule has 2 rings (SSSR count). The summed E-state index contributed by atoms with van der Waals surface area (Å²) in [6, 6.07) is 1.60. The standard InChI is InChI=1S/C10H15ClN2O3S2/c1-7-4-9(17-10(7)11)18(14,15)13-5-8-6-16-3-2-12-8/h4,8,12-13H,2-3,5-6H2,1H3. The summed E-state index contributed by atoms with van der Waals surface area (Å²) >= 11 is 6.95. The van der Waals surface area contributed by atoms with Crippen LogP contribution in [0.15, 0.2) is 10.3 Å². The highest BCUT2D eigenvalue weighted by Crippen LogP contribution is 2.29. The van der Waals surface area contributed by atoms with Gasteiger partial charge in [0.2, 0.25) is 10.0 Å². The van der Waals surface area contributed by atoms with Crippen LogP contribution in [0.2, 0.25) is 4.34 Å². The zero-order valence-corrected chi connectivity index (χ0v) is 12.3. The Morgan fingerprint density at radius 3 is 3.00 bits per heavy atom. The van der Waals surface area contributed by atoms with Crippen molar-refractivity contribution >= 4 is 33.0 Å². The molecule has 0 saturated carbocycles. The Morgan fingerprint density at radius 2 is 2.44 bits per heavy atom. The summed E-state index contributed by atoms with van der Waals surface area (Å²) < 4.78 is 32.6. The number of thiophene rings is 1. The highest BCUT2D eigenvalue weighted by atomic mass is 35.5. The Morgan fingerprint density at radius 1 is 1.67 bits per heavy atom. The number of rotatable bonds is 4. The second kappa shape index (κ2) is 5.85. The van der Waals surface area contributed by atoms with Gasteiger partial charge < -0.3 is 10.1 Å². The third-order valence-corrected chi connectivity index (χ3v) is 6.07. The van der Waals surface area contributed by atoms with Crippen LogP contribution >= 0.6 is 22.9 Å². The zero-order chi connectivity index (χ0) is 13.2. The average Bonchev–Trinajstić information content (AvgIpc) is 2.70. The molecule has 1 unspecified atom stereocenters. The van der Waals surface area contributed by atoms with Crippen LogP contribution in [0.25, 0.3) is 0 Å². The molecule has 1 aromatic heterocycles. The van der Waals surface area contributed by atoms with E-state index in [4.69, 9.17) is 16.3 Å². The van der Waals surface area contributed by atoms with Gasteiger partial charge in [-0.2, -0.15) is 0 Å². The first-order chi connectivity index (χ1) is 8.49. The number of aryl methyl sites for hydroxylation is 1. The normalized spacial score (nSPS) is 21.1. The molecule has 18 heavy (non-hydrogen) atoms. The minimum atomic E-state index is -3.47. The molecule has 0 bridgehead atoms. The van der Waals surface area contributed by atoms with Crippen LogP contribution in [-0.2, 0) is 14.8 Å². The molecule has 1 fully saturated rings. The molecule has 1 aliphatic rings. The van der Waals surface area contributed by atoms with Crippen LogP contribution in [0, 0.1) is 6.92 Å². The number of ether oxygens (including phenoxy) is 1. The van der Waals surface area contributed by atoms with E-state index in [2.05, 4.69) is 10.0 Å². The maximum atomic E-state index is 12.0. The predicted molar refractivity (Wildman–Crippen MR) is 71.9 cm³/mol. The summed E-state index contributed by atoms with van der Waals surface area (Å²) in [5.41, 5.74) is 0.779. The van der Waals surface area contributed by atoms with Crippen LogP contribution in [0.4, 0.5) is 0 Å². The quantitative estimate of drug-likeness (QED) is 0.870. The lowest BCUT2D eigenvalue weighted by Crippen LogP contribution is -2.48. The summed E-state index contributed by atoms with van der Waals surface area (Å²) in [5, 5.41) is 3.19. The van der Waals surface area contributed by atoms with Crippen molar-refractivity contribution in [1.82, 2.24) is 10.0 Å². The van der Waals surface area contributed by atoms with Crippen molar-refractivity contribution in [2.24, 2.45) is 0 Å². The molecule has 8 heteroatoms. The molecule has 0 spiro atoms. The van der Waals surface area contributed by atoms with Crippen LogP contribution in [-0.4, -0.2) is 40.8 Å². The SMILES string of the molecule is Cc1cc(S(=O)(=O)NCC2COCCN2)sc1Cl. The van der Waals surface area contributed by atoms with Gasteiger partial charge in [-0.05, 0) is 18.6 Å². The molecule has 5 nitrogen and oxygen atoms in total. The Hall–Kier alpha value is -0.180. The molecule has 0 amide bonds. The van der Waals surface area contributed by atoms with Crippen molar-refractivity contribution in [1.29, 1.82) is 0 Å². The molecule has 1 aliphatic heterocycles. The molecule has 0 radical (unpaired) electrons. The maximum Gasteiger partial charge on any atom is 0.250 e. The lowest BCUT2D eigenvalue weighted by atomic mass is 10.3. The molecule has 1 atom stereocenters. The first kappa shape index (κ1) is 14.2. The smallest absolute Gasteiger partial charge is 0.250 e. The lowest BCUT2D eigenvalue weighted by Gasteiger charge is -2.23. The van der Waals surface area contributed by atoms with Crippen LogP contribution in [0.3, 0.4) is 0 Å². The number of sulfonamides is 1. The molecule has 102 valence electrons. The van der Waals surface area contributed by atoms with Gasteiger partial charge in [0.15, 0.2) is 0 Å². The molecule has 1 aromatic rings. The maximum absolute atomic E-state index is 12.0. The largest absolute Gasteiger partial charge is 0.378 e. The van der Waals surface area contributed by atoms with Gasteiger partial charge in [0.1, 0.15) is 4.21 Å². The van der Waals surface area contributed by atoms with E-state index in [-0.39, 0.29) is 10.3 Å². The first-order valence-electron chi connectivity index (χ1n) is 5.56. The number of hydrogen-bond donors (Lipinski definition) is 2. The van der Waals surface area contributed by atoms with Gasteiger partial charge in [-0.15, -0.1) is 11.3 Å². The van der Waals surface area contributed by atoms with E-state index in [0.717, 1.165) is 23.4 Å². The van der Waals surface area contributed by atoms with Crippen LogP contribution in [0.5, 0.6) is 0 Å². The fraction of sp³-hybridized carbons (Fsp3) is 0.600. The number of nitrogens with one attached hydrogen (secondary N) is 2. The molecule has 2 heterocycles. The highest BCUT2D eigenvalue weighted by molar-refractivity contribution is 7.91. The molecule has 2 N–H and O–H groups in total. The zero-order valence-electron chi connectivity index (χ0n) is 9.90. The molecule has 0 aliphatic carbocycles. The van der Waals surface area contributed by atoms with Crippen LogP contribution in [0.1, 0.15) is 5.56 Å². The van der Waals surface area contributed by atoms with Crippen molar-refractivity contribution in [3.63, 3.8) is 0 Å². The summed E-state index contributed by atoms with van der Waals surface area (Å²) in [5.74, 6) is 0. The number of morpholine rings is 1. The third-order valence-electron chi connectivity index (χ3n) is 2.62. The topological polar surface area (TPSA) is 67.4 Å². The average molecular weight is 311 g/mol. The van der Waals surface area contributed by atoms with Crippen molar-refractivity contribution in [3.8, 4) is 0 Å². The van der Waals surface area contributed by atoms with E-state index >= 15 is 0 Å². The summed E-state index contributed by atoms with van der Waals surface area (Å²) in [7, 11) is -3.47.